The molecule has 5 heteroatoms. The molecule has 0 saturated carbocycles. The highest BCUT2D eigenvalue weighted by molar-refractivity contribution is 6.32. The lowest BCUT2D eigenvalue weighted by molar-refractivity contribution is -0.110. The minimum atomic E-state index is -0.129. The largest absolute Gasteiger partial charge is 0.358 e. The Balaban J connectivity index is 1.97. The molecule has 0 bridgehead atoms. The van der Waals surface area contributed by atoms with Gasteiger partial charge in [0, 0.05) is 34.7 Å². The van der Waals surface area contributed by atoms with Gasteiger partial charge < -0.3 is 15.5 Å². The molecule has 2 N–H and O–H groups in total. The second kappa shape index (κ2) is 8.40. The average molecular weight is 377 g/mol. The van der Waals surface area contributed by atoms with Gasteiger partial charge >= 0.3 is 0 Å². The lowest BCUT2D eigenvalue weighted by Gasteiger charge is -2.15. The van der Waals surface area contributed by atoms with Crippen LogP contribution in [-0.4, -0.2) is 30.7 Å². The molecule has 1 heterocycles. The van der Waals surface area contributed by atoms with Crippen molar-refractivity contribution >= 4 is 28.6 Å². The Morgan fingerprint density at radius 3 is 2.43 bits per heavy atom. The van der Waals surface area contributed by atoms with Gasteiger partial charge in [-0.1, -0.05) is 25.5 Å². The number of carbonyl (C=O) groups excluding carboxylic acids is 2. The molecule has 1 aliphatic heterocycles. The van der Waals surface area contributed by atoms with Crippen LogP contribution in [0.2, 0.25) is 0 Å². The maximum Gasteiger partial charge on any atom is 0.258 e. The molecule has 3 rings (SSSR count). The zero-order chi connectivity index (χ0) is 20.3. The normalized spacial score (nSPS) is 14.7. The van der Waals surface area contributed by atoms with E-state index >= 15 is 0 Å². The highest BCUT2D eigenvalue weighted by Crippen LogP contribution is 2.36. The fraction of sp³-hybridized carbons (Fsp3) is 0.304. The van der Waals surface area contributed by atoms with E-state index in [1.165, 1.54) is 12.5 Å². The van der Waals surface area contributed by atoms with Crippen molar-refractivity contribution in [1.29, 1.82) is 0 Å². The first kappa shape index (κ1) is 19.8. The number of nitrogens with zero attached hydrogens (tertiary/aromatic N) is 1. The second-order valence-electron chi connectivity index (χ2n) is 7.43. The molecule has 28 heavy (non-hydrogen) atoms. The molecule has 0 aliphatic carbocycles. The lowest BCUT2D eigenvalue weighted by atomic mass is 9.99. The maximum atomic E-state index is 12.7. The topological polar surface area (TPSA) is 61.4 Å². The number of hydrogen-bond donors (Lipinski definition) is 2. The first-order valence-electron chi connectivity index (χ1n) is 9.59. The Labute approximate surface area is 166 Å². The molecule has 1 amide bonds. The highest BCUT2D eigenvalue weighted by Gasteiger charge is 2.28. The number of Topliss-reactive ketones (excluding diaryl/α,β-unsaturated/α-hetero) is 1. The van der Waals surface area contributed by atoms with E-state index < -0.39 is 0 Å². The number of carbonyl (C=O) groups is 2. The van der Waals surface area contributed by atoms with Gasteiger partial charge in [0.1, 0.15) is 0 Å². The Morgan fingerprint density at radius 2 is 1.82 bits per heavy atom. The summed E-state index contributed by atoms with van der Waals surface area (Å²) in [5, 5.41) is 6.36. The van der Waals surface area contributed by atoms with Crippen LogP contribution < -0.4 is 10.6 Å². The lowest BCUT2D eigenvalue weighted by Crippen LogP contribution is -2.11. The fourth-order valence-corrected chi connectivity index (χ4v) is 3.42. The number of benzene rings is 2. The van der Waals surface area contributed by atoms with Crippen LogP contribution in [0.5, 0.6) is 0 Å². The SMILES string of the molecule is CCC/C(Nc1ccc(CN(C)C)cc1)=C1/C(=O)Nc2ccc(C(C)=O)cc21. The van der Waals surface area contributed by atoms with Gasteiger partial charge in [0.05, 0.1) is 5.57 Å². The van der Waals surface area contributed by atoms with Crippen LogP contribution in [0.1, 0.15) is 48.2 Å². The third-order valence-corrected chi connectivity index (χ3v) is 4.72. The molecule has 2 aromatic rings. The van der Waals surface area contributed by atoms with Crippen LogP contribution in [0.3, 0.4) is 0 Å². The van der Waals surface area contributed by atoms with Crippen molar-refractivity contribution in [2.24, 2.45) is 0 Å². The number of hydrogen-bond acceptors (Lipinski definition) is 4. The molecule has 2 aromatic carbocycles. The van der Waals surface area contributed by atoms with E-state index in [2.05, 4.69) is 34.6 Å². The summed E-state index contributed by atoms with van der Waals surface area (Å²) >= 11 is 0. The molecule has 146 valence electrons. The van der Waals surface area contributed by atoms with Crippen molar-refractivity contribution in [3.8, 4) is 0 Å². The van der Waals surface area contributed by atoms with E-state index in [0.29, 0.717) is 11.1 Å². The molecular formula is C23H27N3O2. The van der Waals surface area contributed by atoms with Crippen molar-refractivity contribution in [2.45, 2.75) is 33.2 Å². The number of allylic oxidation sites excluding steroid dienone is 1. The van der Waals surface area contributed by atoms with Crippen molar-refractivity contribution in [2.75, 3.05) is 24.7 Å². The summed E-state index contributed by atoms with van der Waals surface area (Å²) in [4.78, 5) is 26.6. The number of ketones is 1. The monoisotopic (exact) mass is 377 g/mol. The van der Waals surface area contributed by atoms with Crippen LogP contribution in [-0.2, 0) is 11.3 Å². The minimum Gasteiger partial charge on any atom is -0.358 e. The summed E-state index contributed by atoms with van der Waals surface area (Å²) < 4.78 is 0. The predicted octanol–water partition coefficient (Wildman–Crippen LogP) is 4.53. The smallest absolute Gasteiger partial charge is 0.258 e. The third kappa shape index (κ3) is 4.31. The molecule has 5 nitrogen and oxygen atoms in total. The van der Waals surface area contributed by atoms with Gasteiger partial charge in [0.2, 0.25) is 0 Å². The summed E-state index contributed by atoms with van der Waals surface area (Å²) in [7, 11) is 4.09. The Bertz CT molecular complexity index is 927. The second-order valence-corrected chi connectivity index (χ2v) is 7.43. The van der Waals surface area contributed by atoms with Gasteiger partial charge in [-0.3, -0.25) is 9.59 Å². The standard InChI is InChI=1S/C23H27N3O2/c1-5-6-21(24-18-10-7-16(8-11-18)14-26(3)4)22-19-13-17(15(2)27)9-12-20(19)25-23(22)28/h7-13,24H,5-6,14H2,1-4H3,(H,25,28)/b22-21-. The van der Waals surface area contributed by atoms with Crippen molar-refractivity contribution in [1.82, 2.24) is 4.90 Å². The summed E-state index contributed by atoms with van der Waals surface area (Å²) in [6.07, 6.45) is 1.64. The Hall–Kier alpha value is -2.92. The number of nitrogens with one attached hydrogen (secondary N) is 2. The third-order valence-electron chi connectivity index (χ3n) is 4.72. The van der Waals surface area contributed by atoms with Crippen molar-refractivity contribution < 1.29 is 9.59 Å². The molecule has 0 unspecified atom stereocenters. The quantitative estimate of drug-likeness (QED) is 0.550. The number of fused-ring (bicyclic) bond motifs is 1. The number of anilines is 2. The zero-order valence-electron chi connectivity index (χ0n) is 16.9. The van der Waals surface area contributed by atoms with Gasteiger partial charge in [0.15, 0.2) is 5.78 Å². The Morgan fingerprint density at radius 1 is 1.11 bits per heavy atom. The van der Waals surface area contributed by atoms with Crippen LogP contribution >= 0.6 is 0 Å². The molecular weight excluding hydrogens is 350 g/mol. The average Bonchev–Trinajstić information content (AvgIpc) is 2.97. The van der Waals surface area contributed by atoms with Gasteiger partial charge in [0.25, 0.3) is 5.91 Å². The van der Waals surface area contributed by atoms with E-state index in [1.54, 1.807) is 12.1 Å². The summed E-state index contributed by atoms with van der Waals surface area (Å²) in [5.74, 6) is -0.140. The fourth-order valence-electron chi connectivity index (χ4n) is 3.42. The first-order chi connectivity index (χ1) is 13.4. The van der Waals surface area contributed by atoms with Crippen molar-refractivity contribution in [3.63, 3.8) is 0 Å². The molecule has 0 saturated heterocycles. The predicted molar refractivity (Wildman–Crippen MR) is 114 cm³/mol. The van der Waals surface area contributed by atoms with Crippen LogP contribution in [0.25, 0.3) is 5.57 Å². The van der Waals surface area contributed by atoms with Crippen LogP contribution in [0.15, 0.2) is 48.2 Å². The van der Waals surface area contributed by atoms with E-state index in [1.807, 2.05) is 32.3 Å². The number of amides is 1. The van der Waals surface area contributed by atoms with Crippen molar-refractivity contribution in [3.05, 3.63) is 64.9 Å². The number of rotatable bonds is 7. The van der Waals surface area contributed by atoms with Crippen LogP contribution in [0, 0.1) is 0 Å². The summed E-state index contributed by atoms with van der Waals surface area (Å²) in [5.41, 5.74) is 5.83. The molecule has 0 spiro atoms. The molecule has 0 aromatic heterocycles. The Kier molecular flexibility index (Phi) is 5.95. The minimum absolute atomic E-state index is 0.0111. The van der Waals surface area contributed by atoms with E-state index in [-0.39, 0.29) is 11.7 Å². The van der Waals surface area contributed by atoms with Crippen LogP contribution in [0.4, 0.5) is 11.4 Å². The van der Waals surface area contributed by atoms with E-state index in [0.717, 1.165) is 42.0 Å². The van der Waals surface area contributed by atoms with Gasteiger partial charge in [-0.25, -0.2) is 0 Å². The van der Waals surface area contributed by atoms with Gasteiger partial charge in [-0.2, -0.15) is 0 Å². The molecule has 0 fully saturated rings. The zero-order valence-corrected chi connectivity index (χ0v) is 16.9. The molecule has 0 radical (unpaired) electrons. The van der Waals surface area contributed by atoms with E-state index in [9.17, 15) is 9.59 Å². The molecule has 1 aliphatic rings. The summed E-state index contributed by atoms with van der Waals surface area (Å²) in [6, 6.07) is 13.6. The first-order valence-corrected chi connectivity index (χ1v) is 9.59. The highest BCUT2D eigenvalue weighted by atomic mass is 16.2. The van der Waals surface area contributed by atoms with E-state index in [4.69, 9.17) is 0 Å². The summed E-state index contributed by atoms with van der Waals surface area (Å²) in [6.45, 7) is 4.50. The maximum absolute atomic E-state index is 12.7. The van der Waals surface area contributed by atoms with Gasteiger partial charge in [-0.05, 0) is 63.3 Å². The molecule has 0 atom stereocenters. The van der Waals surface area contributed by atoms with Gasteiger partial charge in [-0.15, -0.1) is 0 Å².